The number of carbonyl (C=O) groups excluding carboxylic acids is 7. The lowest BCUT2D eigenvalue weighted by Crippen LogP contribution is -2.64. The summed E-state index contributed by atoms with van der Waals surface area (Å²) in [5, 5.41) is 121. The van der Waals surface area contributed by atoms with Crippen LogP contribution >= 0.6 is 12.3 Å². The minimum Gasteiger partial charge on any atom is -0.504 e. The predicted molar refractivity (Wildman–Crippen MR) is 293 cm³/mol. The van der Waals surface area contributed by atoms with Gasteiger partial charge in [0.15, 0.2) is 11.5 Å². The van der Waals surface area contributed by atoms with Crippen LogP contribution < -0.4 is 25.5 Å². The number of nitrogens with zero attached hydrogens (tertiary/aromatic N) is 3. The first kappa shape index (κ1) is 64.8. The van der Waals surface area contributed by atoms with Gasteiger partial charge in [-0.3, -0.25) is 28.8 Å². The third-order valence-electron chi connectivity index (χ3n) is 15.6. The number of fused-ring (bicyclic) bond motifs is 5. The van der Waals surface area contributed by atoms with Crippen LogP contribution in [0.25, 0.3) is 11.1 Å². The van der Waals surface area contributed by atoms with Gasteiger partial charge in [0.25, 0.3) is 12.3 Å². The maximum absolute atomic E-state index is 15.2. The summed E-state index contributed by atoms with van der Waals surface area (Å²) < 4.78 is 15.3. The zero-order valence-corrected chi connectivity index (χ0v) is 47.0. The third-order valence-corrected chi connectivity index (χ3v) is 16.0. The topological polar surface area (TPSA) is 417 Å². The van der Waals surface area contributed by atoms with Crippen LogP contribution in [0.2, 0.25) is 0 Å². The summed E-state index contributed by atoms with van der Waals surface area (Å²) in [6, 6.07) is 9.26. The Balaban J connectivity index is 1.25. The summed E-state index contributed by atoms with van der Waals surface area (Å²) in [6.07, 6.45) is -13.0. The third kappa shape index (κ3) is 15.4. The Morgan fingerprint density at radius 1 is 0.762 bits per heavy atom. The predicted octanol–water partition coefficient (Wildman–Crippen LogP) is -2.22. The first-order chi connectivity index (χ1) is 40.1. The van der Waals surface area contributed by atoms with Crippen LogP contribution in [-0.2, 0) is 49.3 Å². The van der Waals surface area contributed by atoms with Crippen LogP contribution in [0.15, 0.2) is 66.7 Å². The molecule has 3 aliphatic heterocycles. The lowest BCUT2D eigenvalue weighted by Gasteiger charge is -2.34. The quantitative estimate of drug-likeness (QED) is 0.0278. The zero-order valence-electron chi connectivity index (χ0n) is 46.2. The molecule has 3 aromatic rings. The number of benzene rings is 3. The molecule has 0 saturated carbocycles. The van der Waals surface area contributed by atoms with E-state index in [-0.39, 0.29) is 49.8 Å². The fourth-order valence-corrected chi connectivity index (χ4v) is 11.3. The van der Waals surface area contributed by atoms with Gasteiger partial charge in [0.2, 0.25) is 35.4 Å². The van der Waals surface area contributed by atoms with Gasteiger partial charge < -0.3 is 90.8 Å². The van der Waals surface area contributed by atoms with Crippen LogP contribution in [0.1, 0.15) is 62.6 Å². The Morgan fingerprint density at radius 3 is 2.04 bits per heavy atom. The van der Waals surface area contributed by atoms with E-state index in [1.54, 1.807) is 0 Å². The SMILES string of the molecule is CC1C[C@@H](O)CNC(=O)[C@@H]2[C@@H](O)[C@@H](C)CN2C(=O)[C@H]([C@H](O)CCN(CC(CO)CO)C(=O)OCC2c3ccccc3-c3ccccc32)NC(=O)[C@H]([C@H](O)Cc2ccc(O)c(OSOOO)c2)NC(=O)[C@@H]2C[C@@H](O)CN2C(=O)[C@H]([C@@H](C)O)NC1=O. The van der Waals surface area contributed by atoms with Crippen LogP contribution in [0.5, 0.6) is 11.5 Å². The Hall–Kier alpha value is -6.74. The van der Waals surface area contributed by atoms with E-state index in [0.29, 0.717) is 0 Å². The maximum Gasteiger partial charge on any atom is 0.409 e. The highest BCUT2D eigenvalue weighted by molar-refractivity contribution is 7.90. The minimum atomic E-state index is -2.17. The number of phenolic OH excluding ortho intramolecular Hbond substituents is 1. The Bertz CT molecular complexity index is 2770. The Morgan fingerprint density at radius 2 is 1.39 bits per heavy atom. The van der Waals surface area contributed by atoms with E-state index in [0.717, 1.165) is 43.0 Å². The summed E-state index contributed by atoms with van der Waals surface area (Å²) in [5.74, 6) is -10.7. The number of ether oxygens (including phenoxy) is 1. The molecule has 1 unspecified atom stereocenters. The lowest BCUT2D eigenvalue weighted by molar-refractivity contribution is -0.433. The average Bonchev–Trinajstić information content (AvgIpc) is 3.36. The van der Waals surface area contributed by atoms with Crippen molar-refractivity contribution in [1.82, 2.24) is 36.0 Å². The molecule has 3 aromatic carbocycles. The number of aliphatic hydroxyl groups excluding tert-OH is 8. The Labute approximate surface area is 486 Å². The molecule has 3 fully saturated rings. The zero-order chi connectivity index (χ0) is 61.1. The van der Waals surface area contributed by atoms with E-state index in [9.17, 15) is 69.9 Å². The molecule has 3 saturated heterocycles. The molecule has 460 valence electrons. The summed E-state index contributed by atoms with van der Waals surface area (Å²) in [5.41, 5.74) is 3.78. The summed E-state index contributed by atoms with van der Waals surface area (Å²) in [6.45, 7) is 0.481. The number of hydrogen-bond donors (Lipinski definition) is 14. The summed E-state index contributed by atoms with van der Waals surface area (Å²) >= 11 is 0.0684. The number of amides is 7. The highest BCUT2D eigenvalue weighted by Gasteiger charge is 2.50. The van der Waals surface area contributed by atoms with Crippen molar-refractivity contribution in [2.24, 2.45) is 17.8 Å². The largest absolute Gasteiger partial charge is 0.504 e. The van der Waals surface area contributed by atoms with Gasteiger partial charge in [0.1, 0.15) is 36.8 Å². The number of nitrogens with one attached hydrogen (secondary N) is 4. The smallest absolute Gasteiger partial charge is 0.409 e. The number of hydrogen-bond acceptors (Lipinski definition) is 22. The van der Waals surface area contributed by atoms with Crippen molar-refractivity contribution in [3.05, 3.63) is 83.4 Å². The minimum absolute atomic E-state index is 0.0684. The average molecular weight is 1200 g/mol. The van der Waals surface area contributed by atoms with Gasteiger partial charge in [-0.15, -0.1) is 0 Å². The van der Waals surface area contributed by atoms with Crippen molar-refractivity contribution in [1.29, 1.82) is 0 Å². The van der Waals surface area contributed by atoms with Crippen molar-refractivity contribution in [2.75, 3.05) is 52.5 Å². The number of phenols is 1. The molecule has 13 atom stereocenters. The van der Waals surface area contributed by atoms with Crippen molar-refractivity contribution < 1.29 is 103 Å². The number of β-amino-alcohol motifs (C(OH)–C–C–N with tert-alkyl or cyclic N) is 1. The van der Waals surface area contributed by atoms with Crippen molar-refractivity contribution in [3.8, 4) is 22.6 Å². The monoisotopic (exact) mass is 1200 g/mol. The van der Waals surface area contributed by atoms with Gasteiger partial charge in [0, 0.05) is 82.5 Å². The molecule has 7 amide bonds. The first-order valence-electron chi connectivity index (χ1n) is 27.4. The van der Waals surface area contributed by atoms with E-state index in [2.05, 4.69) is 30.6 Å². The molecule has 4 aliphatic rings. The van der Waals surface area contributed by atoms with Gasteiger partial charge in [-0.25, -0.2) is 10.1 Å². The molecular weight excluding hydrogens is 1130 g/mol. The molecule has 0 aromatic heterocycles. The molecule has 7 rings (SSSR count). The molecule has 28 nitrogen and oxygen atoms in total. The molecule has 14 N–H and O–H groups in total. The van der Waals surface area contributed by atoms with E-state index in [4.69, 9.17) is 14.2 Å². The lowest BCUT2D eigenvalue weighted by atomic mass is 9.98. The highest BCUT2D eigenvalue weighted by Crippen LogP contribution is 2.44. The second-order valence-electron chi connectivity index (χ2n) is 21.7. The Kier molecular flexibility index (Phi) is 22.7. The molecular formula is C55H73N7O21S. The van der Waals surface area contributed by atoms with Crippen molar-refractivity contribution >= 4 is 53.9 Å². The van der Waals surface area contributed by atoms with Crippen LogP contribution in [0.3, 0.4) is 0 Å². The second kappa shape index (κ2) is 29.4. The molecule has 0 bridgehead atoms. The normalized spacial score (nSPS) is 26.6. The number of aromatic hydroxyl groups is 1. The highest BCUT2D eigenvalue weighted by atomic mass is 32.2. The van der Waals surface area contributed by atoms with Crippen molar-refractivity contribution in [2.45, 2.75) is 119 Å². The molecule has 1 aliphatic carbocycles. The number of carbonyl (C=O) groups is 7. The van der Waals surface area contributed by atoms with Gasteiger partial charge in [0.05, 0.1) is 36.6 Å². The van der Waals surface area contributed by atoms with Gasteiger partial charge >= 0.3 is 6.09 Å². The van der Waals surface area contributed by atoms with E-state index < -0.39 is 190 Å². The van der Waals surface area contributed by atoms with E-state index in [1.165, 1.54) is 32.9 Å². The molecule has 84 heavy (non-hydrogen) atoms. The number of aliphatic hydroxyl groups is 8. The molecule has 0 spiro atoms. The fourth-order valence-electron chi connectivity index (χ4n) is 11.0. The molecule has 3 heterocycles. The van der Waals surface area contributed by atoms with Gasteiger partial charge in [-0.2, -0.15) is 0 Å². The van der Waals surface area contributed by atoms with E-state index in [1.807, 2.05) is 48.5 Å². The fraction of sp³-hybridized carbons (Fsp3) is 0.545. The van der Waals surface area contributed by atoms with Crippen LogP contribution in [0, 0.1) is 17.8 Å². The summed E-state index contributed by atoms with van der Waals surface area (Å²) in [7, 11) is 0. The van der Waals surface area contributed by atoms with Crippen molar-refractivity contribution in [3.63, 3.8) is 0 Å². The molecule has 29 heteroatoms. The second-order valence-corrected chi connectivity index (χ2v) is 22.2. The maximum atomic E-state index is 15.2. The van der Waals surface area contributed by atoms with Gasteiger partial charge in [-0.1, -0.05) is 77.8 Å². The van der Waals surface area contributed by atoms with Gasteiger partial charge in [-0.05, 0) is 59.7 Å². The van der Waals surface area contributed by atoms with Crippen LogP contribution in [-0.4, -0.2) is 227 Å². The number of rotatable bonds is 18. The molecule has 0 radical (unpaired) electrons. The van der Waals surface area contributed by atoms with E-state index >= 15 is 9.59 Å². The standard InChI is InChI=1S/C55H73N7O21S/c1-27-16-32(66)20-56-52(75)47-48(71)28(2)21-62(47)54(77)46(41(69)14-15-60(22-31(24-63)25-64)55(78)80-26-38-36-10-6-4-8-34(36)35-9-5-7-11-37(35)38)59-51(74)45(42(70)17-30-12-13-40(68)43(18-30)81-84-83-82-79)58-50(73)39-19-33(67)23-61(39)53(76)44(29(3)65)57-49(27)72/h4-13,18,27-29,31-33,38-39,41-42,44-48,63-71,79H,14-17,19-26H2,1-3H3,(H,56,75)(H,57,72)(H,58,73)(H,59,74)/t27?,28-,29+,32+,33+,39-,41+,42+,44-,45-,46-,47-,48-/m0/s1. The summed E-state index contributed by atoms with van der Waals surface area (Å²) in [4.78, 5) is 104. The van der Waals surface area contributed by atoms with Crippen LogP contribution in [0.4, 0.5) is 4.79 Å². The first-order valence-corrected chi connectivity index (χ1v) is 28.1.